The van der Waals surface area contributed by atoms with Crippen molar-refractivity contribution >= 4 is 0 Å². The Morgan fingerprint density at radius 3 is 2.73 bits per heavy atom. The fourth-order valence-corrected chi connectivity index (χ4v) is 5.26. The molecule has 4 rings (SSSR count). The smallest absolute Gasteiger partial charge is 0.0834 e. The first-order valence-corrected chi connectivity index (χ1v) is 10.2. The Kier molecular flexibility index (Phi) is 5.62. The van der Waals surface area contributed by atoms with Crippen LogP contribution in [0.3, 0.4) is 0 Å². The van der Waals surface area contributed by atoms with Gasteiger partial charge in [0.1, 0.15) is 0 Å². The summed E-state index contributed by atoms with van der Waals surface area (Å²) >= 11 is 0. The van der Waals surface area contributed by atoms with Gasteiger partial charge in [0.2, 0.25) is 0 Å². The molecule has 2 aliphatic heterocycles. The van der Waals surface area contributed by atoms with Gasteiger partial charge in [-0.3, -0.25) is 9.80 Å². The molecule has 144 valence electrons. The first kappa shape index (κ1) is 18.4. The van der Waals surface area contributed by atoms with Gasteiger partial charge >= 0.3 is 0 Å². The van der Waals surface area contributed by atoms with E-state index < -0.39 is 0 Å². The largest absolute Gasteiger partial charge is 0.390 e. The summed E-state index contributed by atoms with van der Waals surface area (Å²) < 4.78 is 5.44. The van der Waals surface area contributed by atoms with Gasteiger partial charge in [0, 0.05) is 18.5 Å². The molecule has 2 heterocycles. The number of benzene rings is 1. The lowest BCUT2D eigenvalue weighted by molar-refractivity contribution is 0.00355. The number of nitrogens with zero attached hydrogens (tertiary/aromatic N) is 2. The summed E-state index contributed by atoms with van der Waals surface area (Å²) in [4.78, 5) is 4.88. The van der Waals surface area contributed by atoms with Gasteiger partial charge in [-0.25, -0.2) is 0 Å². The molecule has 1 aromatic rings. The molecule has 2 N–H and O–H groups in total. The number of aliphatic hydroxyl groups excluding tert-OH is 1. The molecule has 0 amide bonds. The van der Waals surface area contributed by atoms with Gasteiger partial charge in [0.25, 0.3) is 0 Å². The van der Waals surface area contributed by atoms with Crippen molar-refractivity contribution in [3.05, 3.63) is 35.4 Å². The topological polar surface area (TPSA) is 48.0 Å². The van der Waals surface area contributed by atoms with E-state index in [-0.39, 0.29) is 17.6 Å². The summed E-state index contributed by atoms with van der Waals surface area (Å²) in [5, 5.41) is 14.9. The van der Waals surface area contributed by atoms with Crippen LogP contribution in [0.15, 0.2) is 24.3 Å². The van der Waals surface area contributed by atoms with Crippen LogP contribution in [-0.2, 0) is 10.2 Å². The zero-order chi connectivity index (χ0) is 18.0. The van der Waals surface area contributed by atoms with Gasteiger partial charge in [-0.2, -0.15) is 0 Å². The van der Waals surface area contributed by atoms with Gasteiger partial charge in [-0.05, 0) is 63.6 Å². The van der Waals surface area contributed by atoms with Crippen LogP contribution in [0.25, 0.3) is 0 Å². The summed E-state index contributed by atoms with van der Waals surface area (Å²) in [6, 6.07) is 8.87. The minimum Gasteiger partial charge on any atom is -0.390 e. The second kappa shape index (κ2) is 7.95. The highest BCUT2D eigenvalue weighted by atomic mass is 16.5. The van der Waals surface area contributed by atoms with Crippen LogP contribution in [0.1, 0.15) is 36.4 Å². The average Bonchev–Trinajstić information content (AvgIpc) is 2.92. The van der Waals surface area contributed by atoms with Gasteiger partial charge in [0.15, 0.2) is 0 Å². The number of rotatable bonds is 5. The summed E-state index contributed by atoms with van der Waals surface area (Å²) in [6.07, 6.45) is 2.89. The van der Waals surface area contributed by atoms with Crippen molar-refractivity contribution < 1.29 is 9.84 Å². The summed E-state index contributed by atoms with van der Waals surface area (Å²) in [7, 11) is 2.18. The van der Waals surface area contributed by atoms with Crippen LogP contribution < -0.4 is 5.32 Å². The van der Waals surface area contributed by atoms with E-state index in [0.717, 1.165) is 71.7 Å². The summed E-state index contributed by atoms with van der Waals surface area (Å²) in [5.41, 5.74) is 2.67. The molecule has 0 aromatic heterocycles. The lowest BCUT2D eigenvalue weighted by Crippen LogP contribution is -2.48. The van der Waals surface area contributed by atoms with Crippen molar-refractivity contribution in [3.63, 3.8) is 0 Å². The van der Waals surface area contributed by atoms with E-state index >= 15 is 0 Å². The molecule has 5 nitrogen and oxygen atoms in total. The van der Waals surface area contributed by atoms with Crippen LogP contribution in [-0.4, -0.2) is 80.5 Å². The minimum atomic E-state index is -0.310. The second-order valence-corrected chi connectivity index (χ2v) is 8.17. The second-order valence-electron chi connectivity index (χ2n) is 8.17. The van der Waals surface area contributed by atoms with Crippen molar-refractivity contribution in [1.29, 1.82) is 0 Å². The fraction of sp³-hybridized carbons (Fsp3) is 0.714. The highest BCUT2D eigenvalue weighted by molar-refractivity contribution is 5.45. The van der Waals surface area contributed by atoms with Crippen LogP contribution in [0.2, 0.25) is 0 Å². The van der Waals surface area contributed by atoms with Crippen molar-refractivity contribution in [2.75, 3.05) is 59.5 Å². The number of hydrogen-bond acceptors (Lipinski definition) is 5. The third-order valence-corrected chi connectivity index (χ3v) is 6.74. The molecule has 0 bridgehead atoms. The molecule has 2 atom stereocenters. The zero-order valence-electron chi connectivity index (χ0n) is 16.0. The Morgan fingerprint density at radius 2 is 1.96 bits per heavy atom. The molecule has 0 radical (unpaired) electrons. The lowest BCUT2D eigenvalue weighted by atomic mass is 9.72. The van der Waals surface area contributed by atoms with Crippen molar-refractivity contribution in [2.45, 2.75) is 36.8 Å². The Balaban J connectivity index is 1.45. The number of fused-ring (bicyclic) bond motifs is 2. The van der Waals surface area contributed by atoms with Crippen molar-refractivity contribution in [2.24, 2.45) is 0 Å². The first-order valence-electron chi connectivity index (χ1n) is 10.2. The molecular weight excluding hydrogens is 326 g/mol. The van der Waals surface area contributed by atoms with Gasteiger partial charge < -0.3 is 15.2 Å². The van der Waals surface area contributed by atoms with Gasteiger partial charge in [-0.15, -0.1) is 0 Å². The predicted molar refractivity (Wildman–Crippen MR) is 103 cm³/mol. The first-order chi connectivity index (χ1) is 12.7. The zero-order valence-corrected chi connectivity index (χ0v) is 16.0. The molecule has 3 aliphatic rings. The molecule has 1 aliphatic carbocycles. The maximum Gasteiger partial charge on any atom is 0.0834 e. The highest BCUT2D eigenvalue weighted by Gasteiger charge is 2.52. The molecule has 26 heavy (non-hydrogen) atoms. The van der Waals surface area contributed by atoms with Crippen LogP contribution in [0, 0.1) is 0 Å². The van der Waals surface area contributed by atoms with E-state index in [9.17, 15) is 5.11 Å². The number of ether oxygens (including phenoxy) is 1. The quantitative estimate of drug-likeness (QED) is 0.832. The van der Waals surface area contributed by atoms with Crippen LogP contribution in [0.4, 0.5) is 0 Å². The maximum atomic E-state index is 11.4. The third kappa shape index (κ3) is 3.32. The summed E-state index contributed by atoms with van der Waals surface area (Å²) in [6.45, 7) is 7.96. The number of morpholine rings is 1. The number of aliphatic hydroxyl groups is 1. The van der Waals surface area contributed by atoms with E-state index in [1.165, 1.54) is 11.1 Å². The molecular formula is C21H33N3O2. The summed E-state index contributed by atoms with van der Waals surface area (Å²) in [5.74, 6) is 0. The molecule has 2 saturated heterocycles. The normalized spacial score (nSPS) is 28.6. The molecule has 1 spiro atoms. The molecule has 0 unspecified atom stereocenters. The predicted octanol–water partition coefficient (Wildman–Crippen LogP) is 1.38. The highest BCUT2D eigenvalue weighted by Crippen LogP contribution is 2.51. The Bertz CT molecular complexity index is 597. The molecule has 1 aromatic carbocycles. The van der Waals surface area contributed by atoms with Crippen molar-refractivity contribution in [3.8, 4) is 0 Å². The fourth-order valence-electron chi connectivity index (χ4n) is 5.26. The van der Waals surface area contributed by atoms with Gasteiger partial charge in [0.05, 0.1) is 25.4 Å². The molecule has 0 saturated carbocycles. The number of hydrogen-bond donors (Lipinski definition) is 2. The van der Waals surface area contributed by atoms with Crippen LogP contribution >= 0.6 is 0 Å². The molecule has 2 fully saturated rings. The number of piperidine rings is 1. The standard InChI is InChI=1S/C21H33N3O2/c1-23(11-4-12-24-13-15-26-16-14-24)19-17-5-2-3-6-18(17)21(20(19)25)7-9-22-10-8-21/h2-3,5-6,19-20,22,25H,4,7-16H2,1H3/t19-,20+/m0/s1. The SMILES string of the molecule is CN(CCCN1CCOCC1)[C@H]1c2ccccc2C2(CCNCC2)[C@@H]1O. The Labute approximate surface area is 157 Å². The third-order valence-electron chi connectivity index (χ3n) is 6.74. The Morgan fingerprint density at radius 1 is 1.23 bits per heavy atom. The minimum absolute atomic E-state index is 0.0645. The monoisotopic (exact) mass is 359 g/mol. The average molecular weight is 360 g/mol. The maximum absolute atomic E-state index is 11.4. The van der Waals surface area contributed by atoms with E-state index in [2.05, 4.69) is 46.4 Å². The van der Waals surface area contributed by atoms with Crippen molar-refractivity contribution in [1.82, 2.24) is 15.1 Å². The van der Waals surface area contributed by atoms with Crippen LogP contribution in [0.5, 0.6) is 0 Å². The van der Waals surface area contributed by atoms with Gasteiger partial charge in [-0.1, -0.05) is 24.3 Å². The van der Waals surface area contributed by atoms with E-state index in [4.69, 9.17) is 4.74 Å². The lowest BCUT2D eigenvalue weighted by Gasteiger charge is -2.40. The van der Waals surface area contributed by atoms with E-state index in [1.54, 1.807) is 0 Å². The molecule has 5 heteroatoms. The number of likely N-dealkylation sites (N-methyl/N-ethyl adjacent to an activating group) is 1. The van der Waals surface area contributed by atoms with E-state index in [1.807, 2.05) is 0 Å². The Hall–Kier alpha value is -0.980. The van der Waals surface area contributed by atoms with E-state index in [0.29, 0.717) is 0 Å². The number of nitrogens with one attached hydrogen (secondary N) is 1.